The van der Waals surface area contributed by atoms with Crippen LogP contribution in [0.2, 0.25) is 0 Å². The summed E-state index contributed by atoms with van der Waals surface area (Å²) in [7, 11) is 3.35. The molecule has 1 N–H and O–H groups in total. The molecule has 4 aromatic rings. The molecule has 0 radical (unpaired) electrons. The number of methoxy groups -OCH3 is 2. The molecule has 6 fully saturated rings. The Hall–Kier alpha value is -5.23. The van der Waals surface area contributed by atoms with Gasteiger partial charge < -0.3 is 39.3 Å². The maximum Gasteiger partial charge on any atom is 0.229 e. The van der Waals surface area contributed by atoms with Crippen molar-refractivity contribution in [2.45, 2.75) is 70.4 Å². The first kappa shape index (κ1) is 46.9. The average molecular weight is 909 g/mol. The molecular formula is C56H72N6O5. The van der Waals surface area contributed by atoms with Gasteiger partial charge >= 0.3 is 0 Å². The quantitative estimate of drug-likeness (QED) is 0.159. The van der Waals surface area contributed by atoms with Crippen LogP contribution >= 0.6 is 0 Å². The van der Waals surface area contributed by atoms with Crippen molar-refractivity contribution in [2.24, 2.45) is 22.7 Å². The van der Waals surface area contributed by atoms with Crippen LogP contribution in [0.1, 0.15) is 79.5 Å². The van der Waals surface area contributed by atoms with Gasteiger partial charge in [0.25, 0.3) is 0 Å². The van der Waals surface area contributed by atoms with Crippen molar-refractivity contribution < 1.29 is 23.9 Å². The fourth-order valence-corrected chi connectivity index (χ4v) is 12.3. The van der Waals surface area contributed by atoms with E-state index in [1.807, 2.05) is 34.1 Å². The Balaban J connectivity index is 0.000000169. The molecular weight excluding hydrogens is 837 g/mol. The summed E-state index contributed by atoms with van der Waals surface area (Å²) in [6.45, 7) is 14.7. The molecule has 11 heteroatoms. The fraction of sp³-hybridized carbons (Fsp3) is 0.518. The predicted molar refractivity (Wildman–Crippen MR) is 263 cm³/mol. The van der Waals surface area contributed by atoms with E-state index in [-0.39, 0.29) is 16.7 Å². The number of rotatable bonds is 12. The second-order valence-electron chi connectivity index (χ2n) is 20.4. The van der Waals surface area contributed by atoms with Crippen molar-refractivity contribution in [3.8, 4) is 11.5 Å². The van der Waals surface area contributed by atoms with E-state index in [9.17, 15) is 14.4 Å². The standard InChI is InChI=1S/C29H37N3O3.C27H35N3O2/c1-22(33)32-20-25(27(21-32)24-6-4-3-5-7-24)19-30-15-12-29(13-16-30)14-17-31(28(29)34)18-23-8-10-26(35-2)11-9-23;1-32-24-9-7-21(8-10-24)19-30-16-13-27(26(30)31)11-14-29(15-12-27)20-23-17-28-18-25(23)22-5-3-2-4-6-22/h3-11,25,27H,12-21H2,1-2H3;2-10,23,25,28H,11-20H2,1H3/t25-,27+;23-,25-/m01/s1. The van der Waals surface area contributed by atoms with E-state index in [1.54, 1.807) is 21.1 Å². The van der Waals surface area contributed by atoms with Crippen LogP contribution in [0.3, 0.4) is 0 Å². The van der Waals surface area contributed by atoms with E-state index in [0.29, 0.717) is 48.6 Å². The number of ether oxygens (including phenoxy) is 2. The minimum absolute atomic E-state index is 0.129. The van der Waals surface area contributed by atoms with Crippen LogP contribution in [0.4, 0.5) is 0 Å². The molecule has 4 aromatic carbocycles. The Morgan fingerprint density at radius 2 is 0.985 bits per heavy atom. The molecule has 67 heavy (non-hydrogen) atoms. The number of benzene rings is 4. The maximum atomic E-state index is 13.5. The summed E-state index contributed by atoms with van der Waals surface area (Å²) in [5.41, 5.74) is 4.79. The van der Waals surface area contributed by atoms with Crippen LogP contribution in [0.15, 0.2) is 109 Å². The number of amides is 3. The number of likely N-dealkylation sites (tertiary alicyclic amines) is 5. The van der Waals surface area contributed by atoms with Gasteiger partial charge in [-0.25, -0.2) is 0 Å². The molecule has 6 aliphatic rings. The largest absolute Gasteiger partial charge is 0.497 e. The van der Waals surface area contributed by atoms with Gasteiger partial charge in [-0.15, -0.1) is 0 Å². The summed E-state index contributed by atoms with van der Waals surface area (Å²) < 4.78 is 10.5. The lowest BCUT2D eigenvalue weighted by Crippen LogP contribution is -2.46. The third-order valence-electron chi connectivity index (χ3n) is 16.6. The van der Waals surface area contributed by atoms with Crippen LogP contribution in [-0.4, -0.2) is 135 Å². The number of carbonyl (C=O) groups is 3. The molecule has 6 heterocycles. The maximum absolute atomic E-state index is 13.5. The Bertz CT molecular complexity index is 2260. The van der Waals surface area contributed by atoms with Crippen LogP contribution < -0.4 is 14.8 Å². The number of carbonyl (C=O) groups excluding carboxylic acids is 3. The molecule has 0 bridgehead atoms. The topological polar surface area (TPSA) is 97.9 Å². The van der Waals surface area contributed by atoms with Gasteiger partial charge in [0.05, 0.1) is 25.0 Å². The average Bonchev–Trinajstić information content (AvgIpc) is 4.16. The highest BCUT2D eigenvalue weighted by molar-refractivity contribution is 5.85. The van der Waals surface area contributed by atoms with E-state index >= 15 is 0 Å². The summed E-state index contributed by atoms with van der Waals surface area (Å²) in [6.07, 6.45) is 5.84. The Morgan fingerprint density at radius 3 is 1.43 bits per heavy atom. The first-order valence-corrected chi connectivity index (χ1v) is 25.0. The molecule has 0 aromatic heterocycles. The number of hydrogen-bond acceptors (Lipinski definition) is 8. The van der Waals surface area contributed by atoms with Gasteiger partial charge in [0.15, 0.2) is 0 Å². The van der Waals surface area contributed by atoms with Crippen molar-refractivity contribution in [2.75, 3.05) is 92.8 Å². The third kappa shape index (κ3) is 10.6. The highest BCUT2D eigenvalue weighted by Gasteiger charge is 2.50. The van der Waals surface area contributed by atoms with E-state index in [2.05, 4.69) is 105 Å². The Kier molecular flexibility index (Phi) is 14.7. The molecule has 0 saturated carbocycles. The molecule has 10 rings (SSSR count). The lowest BCUT2D eigenvalue weighted by Gasteiger charge is -2.39. The van der Waals surface area contributed by atoms with Crippen LogP contribution in [0, 0.1) is 22.7 Å². The van der Waals surface area contributed by atoms with Crippen LogP contribution in [0.5, 0.6) is 11.5 Å². The van der Waals surface area contributed by atoms with E-state index in [4.69, 9.17) is 9.47 Å². The zero-order chi connectivity index (χ0) is 46.4. The van der Waals surface area contributed by atoms with Gasteiger partial charge in [-0.3, -0.25) is 14.4 Å². The Morgan fingerprint density at radius 1 is 0.552 bits per heavy atom. The minimum atomic E-state index is -0.192. The SMILES string of the molecule is COc1ccc(CN2CCC3(CCN(C[C@H]4CN(C(C)=O)C[C@@H]4c4ccccc4)CC3)C2=O)cc1.COc1ccc(CN2CCC3(CCN(C[C@H]4CNC[C@@H]4c4ccccc4)CC3)C2=O)cc1. The number of nitrogens with zero attached hydrogens (tertiary/aromatic N) is 5. The van der Waals surface area contributed by atoms with Crippen molar-refractivity contribution in [3.63, 3.8) is 0 Å². The summed E-state index contributed by atoms with van der Waals surface area (Å²) in [5.74, 6) is 4.63. The highest BCUT2D eigenvalue weighted by atomic mass is 16.5. The van der Waals surface area contributed by atoms with Gasteiger partial charge in [0.2, 0.25) is 17.7 Å². The lowest BCUT2D eigenvalue weighted by molar-refractivity contribution is -0.139. The molecule has 4 atom stereocenters. The summed E-state index contributed by atoms with van der Waals surface area (Å²) >= 11 is 0. The summed E-state index contributed by atoms with van der Waals surface area (Å²) in [4.78, 5) is 50.2. The van der Waals surface area contributed by atoms with Gasteiger partial charge in [0.1, 0.15) is 11.5 Å². The predicted octanol–water partition coefficient (Wildman–Crippen LogP) is 7.28. The molecule has 6 saturated heterocycles. The molecule has 2 spiro atoms. The number of nitrogens with one attached hydrogen (secondary N) is 1. The zero-order valence-corrected chi connectivity index (χ0v) is 40.1. The summed E-state index contributed by atoms with van der Waals surface area (Å²) in [5, 5.41) is 3.61. The number of hydrogen-bond donors (Lipinski definition) is 1. The van der Waals surface area contributed by atoms with Gasteiger partial charge in [-0.05, 0) is 130 Å². The number of piperidine rings is 2. The second kappa shape index (κ2) is 21.0. The molecule has 356 valence electrons. The molecule has 6 aliphatic heterocycles. The smallest absolute Gasteiger partial charge is 0.229 e. The monoisotopic (exact) mass is 909 g/mol. The van der Waals surface area contributed by atoms with Crippen molar-refractivity contribution in [1.82, 2.24) is 29.8 Å². The van der Waals surface area contributed by atoms with E-state index in [0.717, 1.165) is 134 Å². The van der Waals surface area contributed by atoms with Crippen LogP contribution in [0.25, 0.3) is 0 Å². The molecule has 0 unspecified atom stereocenters. The highest BCUT2D eigenvalue weighted by Crippen LogP contribution is 2.44. The second-order valence-corrected chi connectivity index (χ2v) is 20.4. The van der Waals surface area contributed by atoms with E-state index < -0.39 is 0 Å². The van der Waals surface area contributed by atoms with Crippen LogP contribution in [-0.2, 0) is 27.5 Å². The minimum Gasteiger partial charge on any atom is -0.497 e. The van der Waals surface area contributed by atoms with Crippen molar-refractivity contribution in [1.29, 1.82) is 0 Å². The van der Waals surface area contributed by atoms with E-state index in [1.165, 1.54) is 16.7 Å². The summed E-state index contributed by atoms with van der Waals surface area (Å²) in [6, 6.07) is 37.7. The zero-order valence-electron chi connectivity index (χ0n) is 40.1. The molecule has 0 aliphatic carbocycles. The molecule has 11 nitrogen and oxygen atoms in total. The first-order valence-electron chi connectivity index (χ1n) is 25.0. The van der Waals surface area contributed by atoms with Gasteiger partial charge in [-0.1, -0.05) is 84.9 Å². The van der Waals surface area contributed by atoms with Crippen molar-refractivity contribution >= 4 is 17.7 Å². The van der Waals surface area contributed by atoms with Gasteiger partial charge in [0, 0.05) is 77.7 Å². The third-order valence-corrected chi connectivity index (χ3v) is 16.6. The van der Waals surface area contributed by atoms with Crippen molar-refractivity contribution in [3.05, 3.63) is 131 Å². The van der Waals surface area contributed by atoms with Gasteiger partial charge in [-0.2, -0.15) is 0 Å². The normalized spacial score (nSPS) is 24.9. The Labute approximate surface area is 398 Å². The first-order chi connectivity index (χ1) is 32.6. The molecule has 3 amide bonds. The fourth-order valence-electron chi connectivity index (χ4n) is 12.3. The lowest BCUT2D eigenvalue weighted by atomic mass is 9.76.